The van der Waals surface area contributed by atoms with Gasteiger partial charge in [-0.15, -0.1) is 0 Å². The third kappa shape index (κ3) is 1.87. The topological polar surface area (TPSA) is 51.2 Å². The van der Waals surface area contributed by atoms with Gasteiger partial charge in [-0.25, -0.2) is 0 Å². The molecule has 0 radical (unpaired) electrons. The summed E-state index contributed by atoms with van der Waals surface area (Å²) in [4.78, 5) is 11.6. The molecule has 1 aromatic rings. The quantitative estimate of drug-likeness (QED) is 0.839. The molecule has 0 spiro atoms. The fourth-order valence-corrected chi connectivity index (χ4v) is 3.75. The van der Waals surface area contributed by atoms with E-state index in [1.165, 1.54) is 18.0 Å². The molecule has 1 N–H and O–H groups in total. The molecule has 3 unspecified atom stereocenters. The fraction of sp³-hybridized carbons (Fsp3) is 0.667. The first-order chi connectivity index (χ1) is 8.15. The van der Waals surface area contributed by atoms with E-state index in [1.54, 1.807) is 6.92 Å². The van der Waals surface area contributed by atoms with Gasteiger partial charge in [-0.3, -0.25) is 4.79 Å². The molecular weight excluding hydrogens is 236 g/mol. The molecule has 0 amide bonds. The summed E-state index contributed by atoms with van der Waals surface area (Å²) in [5.74, 6) is 0.0859. The van der Waals surface area contributed by atoms with E-state index >= 15 is 0 Å². The number of hydrogen-bond donors (Lipinski definition) is 1. The van der Waals surface area contributed by atoms with Crippen LogP contribution in [0.5, 0.6) is 0 Å². The molecule has 0 aromatic carbocycles. The van der Waals surface area contributed by atoms with Crippen molar-refractivity contribution in [2.75, 3.05) is 5.32 Å². The van der Waals surface area contributed by atoms with Crippen LogP contribution in [0.15, 0.2) is 0 Å². The van der Waals surface area contributed by atoms with Crippen molar-refractivity contribution in [1.82, 2.24) is 4.37 Å². The van der Waals surface area contributed by atoms with Gasteiger partial charge >= 0.3 is 0 Å². The minimum absolute atomic E-state index is 0.0859. The van der Waals surface area contributed by atoms with Crippen LogP contribution >= 0.6 is 11.5 Å². The standard InChI is InChI=1S/C12H16N2O2S/c1-6-11(7(2)15)12(17-14-6)13-9-5-8-3-4-10(9)16-8/h8-10,13H,3-5H2,1-2H3. The summed E-state index contributed by atoms with van der Waals surface area (Å²) in [6.45, 7) is 3.48. The Kier molecular flexibility index (Phi) is 2.67. The summed E-state index contributed by atoms with van der Waals surface area (Å²) in [5.41, 5.74) is 1.58. The van der Waals surface area contributed by atoms with E-state index in [0.29, 0.717) is 18.2 Å². The first-order valence-electron chi connectivity index (χ1n) is 6.04. The number of rotatable bonds is 3. The van der Waals surface area contributed by atoms with Crippen molar-refractivity contribution in [3.63, 3.8) is 0 Å². The van der Waals surface area contributed by atoms with Gasteiger partial charge in [0, 0.05) is 0 Å². The lowest BCUT2D eigenvalue weighted by Gasteiger charge is -2.20. The number of ketones is 1. The van der Waals surface area contributed by atoms with Crippen LogP contribution in [-0.2, 0) is 4.74 Å². The van der Waals surface area contributed by atoms with Gasteiger partial charge in [0.05, 0.1) is 29.5 Å². The number of ether oxygens (including phenoxy) is 1. The van der Waals surface area contributed by atoms with E-state index < -0.39 is 0 Å². The molecule has 92 valence electrons. The van der Waals surface area contributed by atoms with Crippen molar-refractivity contribution in [2.24, 2.45) is 0 Å². The second-order valence-corrected chi connectivity index (χ2v) is 5.66. The maximum atomic E-state index is 11.6. The Morgan fingerprint density at radius 1 is 1.53 bits per heavy atom. The Morgan fingerprint density at radius 2 is 2.35 bits per heavy atom. The van der Waals surface area contributed by atoms with E-state index in [2.05, 4.69) is 9.69 Å². The van der Waals surface area contributed by atoms with Crippen molar-refractivity contribution in [1.29, 1.82) is 0 Å². The van der Waals surface area contributed by atoms with Crippen molar-refractivity contribution >= 4 is 22.3 Å². The zero-order chi connectivity index (χ0) is 12.0. The average molecular weight is 252 g/mol. The number of nitrogens with zero attached hydrogens (tertiary/aromatic N) is 1. The fourth-order valence-electron chi connectivity index (χ4n) is 2.84. The summed E-state index contributed by atoms with van der Waals surface area (Å²) in [7, 11) is 0. The summed E-state index contributed by atoms with van der Waals surface area (Å²) < 4.78 is 10.1. The van der Waals surface area contributed by atoms with Crippen LogP contribution in [-0.4, -0.2) is 28.4 Å². The van der Waals surface area contributed by atoms with Gasteiger partial charge in [-0.2, -0.15) is 4.37 Å². The number of nitrogens with one attached hydrogen (secondary N) is 1. The predicted octanol–water partition coefficient (Wildman–Crippen LogP) is 2.39. The van der Waals surface area contributed by atoms with Crippen LogP contribution in [0.4, 0.5) is 5.00 Å². The summed E-state index contributed by atoms with van der Waals surface area (Å²) in [5, 5.41) is 4.37. The van der Waals surface area contributed by atoms with Crippen LogP contribution in [0.3, 0.4) is 0 Å². The largest absolute Gasteiger partial charge is 0.373 e. The zero-order valence-corrected chi connectivity index (χ0v) is 10.8. The van der Waals surface area contributed by atoms with Crippen LogP contribution in [0.25, 0.3) is 0 Å². The van der Waals surface area contributed by atoms with Gasteiger partial charge in [0.2, 0.25) is 0 Å². The van der Waals surface area contributed by atoms with Gasteiger partial charge in [-0.1, -0.05) is 0 Å². The molecule has 1 aromatic heterocycles. The SMILES string of the molecule is CC(=O)c1c(C)nsc1NC1CC2CCC1O2. The number of aryl methyl sites for hydroxylation is 1. The van der Waals surface area contributed by atoms with E-state index in [0.717, 1.165) is 29.1 Å². The number of hydrogen-bond acceptors (Lipinski definition) is 5. The highest BCUT2D eigenvalue weighted by molar-refractivity contribution is 7.10. The maximum absolute atomic E-state index is 11.6. The van der Waals surface area contributed by atoms with E-state index in [4.69, 9.17) is 4.74 Å². The Balaban J connectivity index is 1.79. The number of carbonyl (C=O) groups is 1. The molecule has 0 saturated carbocycles. The molecule has 0 aliphatic carbocycles. The van der Waals surface area contributed by atoms with Gasteiger partial charge in [0.15, 0.2) is 5.78 Å². The Bertz CT molecular complexity index is 457. The normalized spacial score (nSPS) is 30.8. The Morgan fingerprint density at radius 3 is 2.94 bits per heavy atom. The maximum Gasteiger partial charge on any atom is 0.164 e. The summed E-state index contributed by atoms with van der Waals surface area (Å²) >= 11 is 1.38. The molecule has 3 atom stereocenters. The lowest BCUT2D eigenvalue weighted by atomic mass is 9.95. The zero-order valence-electron chi connectivity index (χ0n) is 10.0. The highest BCUT2D eigenvalue weighted by Gasteiger charge is 2.41. The molecular formula is C12H16N2O2S. The van der Waals surface area contributed by atoms with Crippen LogP contribution in [0.1, 0.15) is 42.2 Å². The van der Waals surface area contributed by atoms with Crippen molar-refractivity contribution in [3.8, 4) is 0 Å². The highest BCUT2D eigenvalue weighted by atomic mass is 32.1. The number of aromatic nitrogens is 1. The first-order valence-corrected chi connectivity index (χ1v) is 6.81. The highest BCUT2D eigenvalue weighted by Crippen LogP contribution is 2.37. The second-order valence-electron chi connectivity index (χ2n) is 4.89. The third-order valence-electron chi connectivity index (χ3n) is 3.64. The van der Waals surface area contributed by atoms with Crippen molar-refractivity contribution in [2.45, 2.75) is 51.4 Å². The minimum atomic E-state index is 0.0859. The Hall–Kier alpha value is -0.940. The van der Waals surface area contributed by atoms with Crippen molar-refractivity contribution in [3.05, 3.63) is 11.3 Å². The molecule has 5 heteroatoms. The number of fused-ring (bicyclic) bond motifs is 2. The van der Waals surface area contributed by atoms with Crippen molar-refractivity contribution < 1.29 is 9.53 Å². The lowest BCUT2D eigenvalue weighted by molar-refractivity contribution is 0.101. The molecule has 2 aliphatic rings. The Labute approximate surface area is 105 Å². The van der Waals surface area contributed by atoms with Gasteiger partial charge in [-0.05, 0) is 44.6 Å². The molecule has 2 bridgehead atoms. The monoisotopic (exact) mass is 252 g/mol. The van der Waals surface area contributed by atoms with E-state index in [1.807, 2.05) is 6.92 Å². The number of anilines is 1. The molecule has 2 aliphatic heterocycles. The van der Waals surface area contributed by atoms with Gasteiger partial charge < -0.3 is 10.1 Å². The number of carbonyl (C=O) groups excluding carboxylic acids is 1. The molecule has 17 heavy (non-hydrogen) atoms. The molecule has 2 saturated heterocycles. The average Bonchev–Trinajstić information content (AvgIpc) is 2.93. The summed E-state index contributed by atoms with van der Waals surface area (Å²) in [6.07, 6.45) is 4.12. The van der Waals surface area contributed by atoms with Crippen LogP contribution < -0.4 is 5.32 Å². The van der Waals surface area contributed by atoms with Gasteiger partial charge in [0.25, 0.3) is 0 Å². The summed E-state index contributed by atoms with van der Waals surface area (Å²) in [6, 6.07) is 0.353. The van der Waals surface area contributed by atoms with Crippen LogP contribution in [0.2, 0.25) is 0 Å². The molecule has 4 nitrogen and oxygen atoms in total. The minimum Gasteiger partial charge on any atom is -0.373 e. The molecule has 3 heterocycles. The van der Waals surface area contributed by atoms with Crippen LogP contribution in [0, 0.1) is 6.92 Å². The lowest BCUT2D eigenvalue weighted by Crippen LogP contribution is -2.30. The smallest absolute Gasteiger partial charge is 0.164 e. The van der Waals surface area contributed by atoms with E-state index in [-0.39, 0.29) is 5.78 Å². The number of Topliss-reactive ketones (excluding diaryl/α,β-unsaturated/α-hetero) is 1. The third-order valence-corrected chi connectivity index (χ3v) is 4.51. The second kappa shape index (κ2) is 4.07. The molecule has 3 rings (SSSR count). The molecule has 2 fully saturated rings. The van der Waals surface area contributed by atoms with Gasteiger partial charge in [0.1, 0.15) is 5.00 Å². The first kappa shape index (κ1) is 11.2. The van der Waals surface area contributed by atoms with E-state index in [9.17, 15) is 4.79 Å². The predicted molar refractivity (Wildman–Crippen MR) is 66.8 cm³/mol.